The zero-order valence-corrected chi connectivity index (χ0v) is 50.2. The Balaban J connectivity index is 4.32. The average Bonchev–Trinajstić information content (AvgIpc) is 3.42. The second kappa shape index (κ2) is 58.8. The number of aliphatic carboxylic acids is 1. The molecular weight excluding hydrogens is 983 g/mol. The van der Waals surface area contributed by atoms with Crippen LogP contribution in [0.2, 0.25) is 0 Å². The first kappa shape index (κ1) is 73.7. The van der Waals surface area contributed by atoms with Crippen LogP contribution in [0.1, 0.15) is 194 Å². The molecule has 0 radical (unpaired) electrons. The predicted molar refractivity (Wildman–Crippen MR) is 336 cm³/mol. The van der Waals surface area contributed by atoms with Crippen molar-refractivity contribution in [2.45, 2.75) is 206 Å². The van der Waals surface area contributed by atoms with Gasteiger partial charge < -0.3 is 28.5 Å². The lowest BCUT2D eigenvalue weighted by atomic mass is 10.1. The van der Waals surface area contributed by atoms with E-state index in [-0.39, 0.29) is 38.6 Å². The molecule has 1 N–H and O–H groups in total. The fraction of sp³-hybridized carbons (Fsp3) is 0.557. The van der Waals surface area contributed by atoms with Crippen molar-refractivity contribution in [2.75, 3.05) is 47.5 Å². The van der Waals surface area contributed by atoms with Gasteiger partial charge in [0.2, 0.25) is 0 Å². The molecule has 0 aliphatic carbocycles. The van der Waals surface area contributed by atoms with Gasteiger partial charge in [0.15, 0.2) is 6.10 Å². The molecule has 0 aromatic heterocycles. The van der Waals surface area contributed by atoms with Crippen molar-refractivity contribution < 1.29 is 42.9 Å². The van der Waals surface area contributed by atoms with E-state index in [9.17, 15) is 19.5 Å². The van der Waals surface area contributed by atoms with Gasteiger partial charge in [-0.1, -0.05) is 223 Å². The van der Waals surface area contributed by atoms with Gasteiger partial charge in [-0.3, -0.25) is 9.59 Å². The molecule has 0 fully saturated rings. The van der Waals surface area contributed by atoms with Crippen LogP contribution in [0.5, 0.6) is 0 Å². The van der Waals surface area contributed by atoms with E-state index in [1.165, 1.54) is 19.3 Å². The molecule has 442 valence electrons. The summed E-state index contributed by atoms with van der Waals surface area (Å²) in [5.41, 5.74) is 0. The van der Waals surface area contributed by atoms with Gasteiger partial charge in [0, 0.05) is 12.8 Å². The summed E-state index contributed by atoms with van der Waals surface area (Å²) >= 11 is 0. The van der Waals surface area contributed by atoms with Gasteiger partial charge in [-0.2, -0.15) is 0 Å². The maximum Gasteiger partial charge on any atom is 0.361 e. The third kappa shape index (κ3) is 60.1. The van der Waals surface area contributed by atoms with Crippen LogP contribution in [0.25, 0.3) is 0 Å². The lowest BCUT2D eigenvalue weighted by Gasteiger charge is -2.25. The van der Waals surface area contributed by atoms with Crippen LogP contribution in [0.15, 0.2) is 170 Å². The van der Waals surface area contributed by atoms with Crippen LogP contribution < -0.4 is 0 Å². The van der Waals surface area contributed by atoms with E-state index in [1.54, 1.807) is 0 Å². The molecule has 0 aromatic carbocycles. The predicted octanol–water partition coefficient (Wildman–Crippen LogP) is 18.3. The molecule has 0 saturated carbocycles. The fourth-order valence-corrected chi connectivity index (χ4v) is 7.38. The van der Waals surface area contributed by atoms with Crippen molar-refractivity contribution in [3.63, 3.8) is 0 Å². The molecule has 2 unspecified atom stereocenters. The molecule has 0 aromatic rings. The Morgan fingerprint density at radius 1 is 0.380 bits per heavy atom. The van der Waals surface area contributed by atoms with Gasteiger partial charge in [0.05, 0.1) is 34.4 Å². The molecule has 0 amide bonds. The molecular formula is C70H110NO8+. The summed E-state index contributed by atoms with van der Waals surface area (Å²) in [5.74, 6) is -2.09. The summed E-state index contributed by atoms with van der Waals surface area (Å²) in [5, 5.41) is 9.71. The number of carboxylic acid groups (broad SMARTS) is 1. The highest BCUT2D eigenvalue weighted by atomic mass is 16.7. The van der Waals surface area contributed by atoms with Crippen molar-refractivity contribution in [3.8, 4) is 0 Å². The van der Waals surface area contributed by atoms with Gasteiger partial charge >= 0.3 is 17.9 Å². The number of quaternary nitrogens is 1. The number of esters is 2. The van der Waals surface area contributed by atoms with Gasteiger partial charge in [0.1, 0.15) is 13.2 Å². The third-order valence-corrected chi connectivity index (χ3v) is 12.0. The van der Waals surface area contributed by atoms with Crippen LogP contribution in [-0.4, -0.2) is 87.4 Å². The van der Waals surface area contributed by atoms with E-state index in [4.69, 9.17) is 18.9 Å². The molecule has 0 rings (SSSR count). The number of unbranched alkanes of at least 4 members (excludes halogenated alkanes) is 10. The number of carbonyl (C=O) groups is 3. The summed E-state index contributed by atoms with van der Waals surface area (Å²) in [6.45, 7) is 4.56. The topological polar surface area (TPSA) is 108 Å². The minimum atomic E-state index is -1.53. The molecule has 0 aliphatic rings. The molecule has 2 atom stereocenters. The van der Waals surface area contributed by atoms with E-state index < -0.39 is 24.3 Å². The fourth-order valence-electron chi connectivity index (χ4n) is 7.38. The molecule has 9 heteroatoms. The van der Waals surface area contributed by atoms with E-state index in [1.807, 2.05) is 21.1 Å². The maximum absolute atomic E-state index is 12.9. The Bertz CT molecular complexity index is 1900. The number of hydrogen-bond acceptors (Lipinski definition) is 7. The smallest absolute Gasteiger partial charge is 0.361 e. The summed E-state index contributed by atoms with van der Waals surface area (Å²) in [7, 11) is 5.94. The standard InChI is InChI=1S/C70H109NO8/c1-6-8-10-12-14-16-18-20-22-24-26-27-28-29-30-31-32-33-34-35-36-37-38-39-40-41-43-45-47-49-51-53-55-57-59-61-68(73)79-66(65-78-70(69(74)75)76-63-62-71(3,4)5)64-77-67(72)60-58-56-54-52-50-48-46-44-42-25-23-21-19-17-15-13-11-9-7-2/h8-11,14-17,20-23,26-27,29-30,32-33,35-36,38-39,41-44,48,50,66,70H,6-7,12-13,18-19,24-25,28,31,34,37,40,45-47,49,51-65H2,1-5H3/p+1/b10-8-,11-9-,16-14-,17-15-,22-20-,23-21-,27-26-,30-29-,33-32-,36-35-,39-38-,43-41-,44-42-,50-48-. The van der Waals surface area contributed by atoms with Crippen molar-refractivity contribution in [1.82, 2.24) is 0 Å². The normalized spacial score (nSPS) is 14.0. The lowest BCUT2D eigenvalue weighted by Crippen LogP contribution is -2.40. The third-order valence-electron chi connectivity index (χ3n) is 12.0. The largest absolute Gasteiger partial charge is 0.477 e. The van der Waals surface area contributed by atoms with E-state index in [0.29, 0.717) is 23.9 Å². The monoisotopic (exact) mass is 1090 g/mol. The minimum Gasteiger partial charge on any atom is -0.477 e. The highest BCUT2D eigenvalue weighted by Gasteiger charge is 2.25. The zero-order chi connectivity index (χ0) is 57.6. The number of carboxylic acids is 1. The van der Waals surface area contributed by atoms with Crippen molar-refractivity contribution in [1.29, 1.82) is 0 Å². The minimum absolute atomic E-state index is 0.169. The summed E-state index contributed by atoms with van der Waals surface area (Å²) in [4.78, 5) is 37.4. The molecule has 0 bridgehead atoms. The Morgan fingerprint density at radius 3 is 1.03 bits per heavy atom. The van der Waals surface area contributed by atoms with Crippen molar-refractivity contribution in [3.05, 3.63) is 170 Å². The number of hydrogen-bond donors (Lipinski definition) is 1. The summed E-state index contributed by atoms with van der Waals surface area (Å²) in [6, 6.07) is 0. The molecule has 9 nitrogen and oxygen atoms in total. The van der Waals surface area contributed by atoms with Crippen molar-refractivity contribution in [2.24, 2.45) is 0 Å². The molecule has 0 aliphatic heterocycles. The van der Waals surface area contributed by atoms with E-state index in [2.05, 4.69) is 184 Å². The van der Waals surface area contributed by atoms with Gasteiger partial charge in [0.25, 0.3) is 6.29 Å². The van der Waals surface area contributed by atoms with Crippen LogP contribution in [0.4, 0.5) is 0 Å². The van der Waals surface area contributed by atoms with Gasteiger partial charge in [-0.15, -0.1) is 0 Å². The summed E-state index contributed by atoms with van der Waals surface area (Å²) in [6.07, 6.45) is 85.8. The first-order valence-electron chi connectivity index (χ1n) is 30.3. The summed E-state index contributed by atoms with van der Waals surface area (Å²) < 4.78 is 22.8. The number of nitrogens with zero attached hydrogens (tertiary/aromatic N) is 1. The molecule has 0 spiro atoms. The van der Waals surface area contributed by atoms with Crippen LogP contribution in [0, 0.1) is 0 Å². The Morgan fingerprint density at radius 2 is 0.684 bits per heavy atom. The maximum atomic E-state index is 12.9. The Kier molecular flexibility index (Phi) is 54.8. The van der Waals surface area contributed by atoms with Crippen molar-refractivity contribution >= 4 is 17.9 Å². The first-order valence-corrected chi connectivity index (χ1v) is 30.3. The molecule has 79 heavy (non-hydrogen) atoms. The molecule has 0 heterocycles. The van der Waals surface area contributed by atoms with Crippen LogP contribution >= 0.6 is 0 Å². The molecule has 0 saturated heterocycles. The Hall–Kier alpha value is -5.35. The SMILES string of the molecule is CC/C=C\C/C=C\C/C=C\C/C=C\C/C=C\C/C=C\C/C=C\C/C=C\C/C=C\CCCCCCCCCC(=O)OC(COC(=O)CCCCC/C=C\C/C=C\C/C=C\C/C=C\C/C=C\CC)COC(OCC[N+](C)(C)C)C(=O)O. The lowest BCUT2D eigenvalue weighted by molar-refractivity contribution is -0.870. The number of rotatable bonds is 53. The second-order valence-corrected chi connectivity index (χ2v) is 20.5. The number of ether oxygens (including phenoxy) is 4. The number of allylic oxidation sites excluding steroid dienone is 28. The zero-order valence-electron chi connectivity index (χ0n) is 50.2. The highest BCUT2D eigenvalue weighted by molar-refractivity contribution is 5.71. The van der Waals surface area contributed by atoms with E-state index >= 15 is 0 Å². The second-order valence-electron chi connectivity index (χ2n) is 20.5. The first-order chi connectivity index (χ1) is 38.6. The number of likely N-dealkylation sites (N-methyl/N-ethyl adjacent to an activating group) is 1. The van der Waals surface area contributed by atoms with Crippen LogP contribution in [-0.2, 0) is 33.3 Å². The van der Waals surface area contributed by atoms with E-state index in [0.717, 1.165) is 135 Å². The Labute approximate surface area is 482 Å². The van der Waals surface area contributed by atoms with Crippen LogP contribution in [0.3, 0.4) is 0 Å². The highest BCUT2D eigenvalue weighted by Crippen LogP contribution is 2.13. The van der Waals surface area contributed by atoms with Gasteiger partial charge in [-0.25, -0.2) is 4.79 Å². The van der Waals surface area contributed by atoms with Gasteiger partial charge in [-0.05, 0) is 128 Å². The quantitative estimate of drug-likeness (QED) is 0.0211. The number of carbonyl (C=O) groups excluding carboxylic acids is 2. The average molecular weight is 1090 g/mol.